The van der Waals surface area contributed by atoms with Crippen molar-refractivity contribution in [1.82, 2.24) is 9.97 Å². The first-order valence-corrected chi connectivity index (χ1v) is 7.76. The van der Waals surface area contributed by atoms with Crippen LogP contribution in [-0.4, -0.2) is 23.1 Å². The van der Waals surface area contributed by atoms with Gasteiger partial charge in [0.2, 0.25) is 11.8 Å². The van der Waals surface area contributed by atoms with Crippen LogP contribution in [0.4, 0.5) is 5.95 Å². The molecule has 1 aliphatic carbocycles. The normalized spacial score (nSPS) is 26.6. The van der Waals surface area contributed by atoms with E-state index in [0.717, 1.165) is 6.42 Å². The van der Waals surface area contributed by atoms with E-state index in [9.17, 15) is 0 Å². The molecule has 1 aromatic rings. The summed E-state index contributed by atoms with van der Waals surface area (Å²) in [5.74, 6) is 2.90. The van der Waals surface area contributed by atoms with Gasteiger partial charge in [-0.2, -0.15) is 4.98 Å². The fourth-order valence-electron chi connectivity index (χ4n) is 2.95. The molecule has 4 nitrogen and oxygen atoms in total. The predicted octanol–water partition coefficient (Wildman–Crippen LogP) is 4.01. The number of anilines is 1. The molecule has 20 heavy (non-hydrogen) atoms. The van der Waals surface area contributed by atoms with Gasteiger partial charge in [0, 0.05) is 7.05 Å². The fraction of sp³-hybridized carbons (Fsp3) is 0.733. The molecule has 3 unspecified atom stereocenters. The zero-order valence-electron chi connectivity index (χ0n) is 12.7. The number of rotatable bonds is 4. The molecule has 0 bridgehead atoms. The first kappa shape index (κ1) is 15.4. The summed E-state index contributed by atoms with van der Waals surface area (Å²) in [6.45, 7) is 6.81. The molecule has 1 fully saturated rings. The van der Waals surface area contributed by atoms with Gasteiger partial charge < -0.3 is 10.1 Å². The van der Waals surface area contributed by atoms with Crippen LogP contribution in [0.2, 0.25) is 5.02 Å². The average Bonchev–Trinajstić information content (AvgIpc) is 2.41. The number of hydrogen-bond acceptors (Lipinski definition) is 4. The van der Waals surface area contributed by atoms with Crippen LogP contribution in [-0.2, 0) is 0 Å². The first-order chi connectivity index (χ1) is 9.51. The van der Waals surface area contributed by atoms with E-state index in [1.165, 1.54) is 12.8 Å². The van der Waals surface area contributed by atoms with E-state index < -0.39 is 0 Å². The van der Waals surface area contributed by atoms with Crippen LogP contribution in [0.3, 0.4) is 0 Å². The molecule has 3 atom stereocenters. The molecule has 112 valence electrons. The van der Waals surface area contributed by atoms with Crippen molar-refractivity contribution in [3.05, 3.63) is 11.2 Å². The van der Waals surface area contributed by atoms with Crippen molar-refractivity contribution in [3.8, 4) is 5.88 Å². The molecule has 1 N–H and O–H groups in total. The van der Waals surface area contributed by atoms with E-state index in [4.69, 9.17) is 16.3 Å². The third-order valence-electron chi connectivity index (χ3n) is 4.16. The largest absolute Gasteiger partial charge is 0.473 e. The minimum atomic E-state index is 0.191. The molecule has 1 aromatic heterocycles. The van der Waals surface area contributed by atoms with Crippen molar-refractivity contribution in [2.45, 2.75) is 46.1 Å². The van der Waals surface area contributed by atoms with Crippen molar-refractivity contribution in [3.63, 3.8) is 0 Å². The summed E-state index contributed by atoms with van der Waals surface area (Å²) < 4.78 is 6.15. The van der Waals surface area contributed by atoms with Crippen LogP contribution in [0.15, 0.2) is 6.20 Å². The van der Waals surface area contributed by atoms with Gasteiger partial charge in [0.15, 0.2) is 0 Å². The highest BCUT2D eigenvalue weighted by molar-refractivity contribution is 6.31. The SMILES string of the molecule is CNc1ncc(Cl)c(OC2CC(C)CCC2C(C)C)n1. The third-order valence-corrected chi connectivity index (χ3v) is 4.42. The fourth-order valence-corrected chi connectivity index (χ4v) is 3.08. The van der Waals surface area contributed by atoms with Gasteiger partial charge in [-0.3, -0.25) is 0 Å². The van der Waals surface area contributed by atoms with Crippen molar-refractivity contribution in [2.24, 2.45) is 17.8 Å². The van der Waals surface area contributed by atoms with Crippen LogP contribution in [0.1, 0.15) is 40.0 Å². The predicted molar refractivity (Wildman–Crippen MR) is 82.3 cm³/mol. The lowest BCUT2D eigenvalue weighted by Crippen LogP contribution is -2.36. The van der Waals surface area contributed by atoms with Crippen molar-refractivity contribution >= 4 is 17.5 Å². The van der Waals surface area contributed by atoms with Crippen LogP contribution >= 0.6 is 11.6 Å². The van der Waals surface area contributed by atoms with Crippen molar-refractivity contribution in [2.75, 3.05) is 12.4 Å². The van der Waals surface area contributed by atoms with E-state index in [2.05, 4.69) is 36.1 Å². The number of aromatic nitrogens is 2. The Morgan fingerprint density at radius 2 is 2.15 bits per heavy atom. The second-order valence-corrected chi connectivity index (χ2v) is 6.49. The molecule has 0 radical (unpaired) electrons. The summed E-state index contributed by atoms with van der Waals surface area (Å²) in [6, 6.07) is 0. The van der Waals surface area contributed by atoms with Gasteiger partial charge in [-0.05, 0) is 30.6 Å². The molecule has 1 aliphatic rings. The highest BCUT2D eigenvalue weighted by atomic mass is 35.5. The highest BCUT2D eigenvalue weighted by Gasteiger charge is 2.33. The zero-order chi connectivity index (χ0) is 14.7. The first-order valence-electron chi connectivity index (χ1n) is 7.38. The molecule has 1 heterocycles. The number of halogens is 1. The Hall–Kier alpha value is -1.03. The second-order valence-electron chi connectivity index (χ2n) is 6.08. The van der Waals surface area contributed by atoms with E-state index in [1.807, 2.05) is 0 Å². The topological polar surface area (TPSA) is 47.0 Å². The van der Waals surface area contributed by atoms with E-state index in [0.29, 0.717) is 34.6 Å². The Kier molecular flexibility index (Phi) is 5.08. The molecule has 5 heteroatoms. The smallest absolute Gasteiger partial charge is 0.237 e. The van der Waals surface area contributed by atoms with E-state index in [1.54, 1.807) is 13.2 Å². The van der Waals surface area contributed by atoms with E-state index in [-0.39, 0.29) is 6.10 Å². The molecule has 0 saturated heterocycles. The zero-order valence-corrected chi connectivity index (χ0v) is 13.4. The lowest BCUT2D eigenvalue weighted by molar-refractivity contribution is 0.0427. The Bertz CT molecular complexity index is 453. The summed E-state index contributed by atoms with van der Waals surface area (Å²) in [5, 5.41) is 3.39. The number of ether oxygens (including phenoxy) is 1. The van der Waals surface area contributed by atoms with Crippen LogP contribution in [0, 0.1) is 17.8 Å². The number of hydrogen-bond donors (Lipinski definition) is 1. The molecule has 0 aliphatic heterocycles. The van der Waals surface area contributed by atoms with Gasteiger partial charge >= 0.3 is 0 Å². The molecule has 0 spiro atoms. The molecule has 1 saturated carbocycles. The standard InChI is InChI=1S/C15H24ClN3O/c1-9(2)11-6-5-10(3)7-13(11)20-14-12(16)8-18-15(17-4)19-14/h8-11,13H,5-7H2,1-4H3,(H,17,18,19). The van der Waals surface area contributed by atoms with Crippen LogP contribution in [0.5, 0.6) is 5.88 Å². The van der Waals surface area contributed by atoms with Gasteiger partial charge in [-0.25, -0.2) is 4.98 Å². The summed E-state index contributed by atoms with van der Waals surface area (Å²) in [6.07, 6.45) is 5.34. The van der Waals surface area contributed by atoms with Crippen LogP contribution in [0.25, 0.3) is 0 Å². The average molecular weight is 298 g/mol. The Labute approximate surface area is 126 Å². The lowest BCUT2D eigenvalue weighted by Gasteiger charge is -2.37. The summed E-state index contributed by atoms with van der Waals surface area (Å²) in [7, 11) is 1.78. The minimum Gasteiger partial charge on any atom is -0.473 e. The Morgan fingerprint density at radius 1 is 1.40 bits per heavy atom. The Balaban J connectivity index is 2.17. The maximum absolute atomic E-state index is 6.16. The van der Waals surface area contributed by atoms with Gasteiger partial charge in [-0.1, -0.05) is 38.8 Å². The molecular formula is C15H24ClN3O. The maximum Gasteiger partial charge on any atom is 0.237 e. The van der Waals surface area contributed by atoms with Gasteiger partial charge in [-0.15, -0.1) is 0 Å². The lowest BCUT2D eigenvalue weighted by atomic mass is 9.75. The number of nitrogens with one attached hydrogen (secondary N) is 1. The van der Waals surface area contributed by atoms with Gasteiger partial charge in [0.1, 0.15) is 11.1 Å². The second kappa shape index (κ2) is 6.61. The Morgan fingerprint density at radius 3 is 2.80 bits per heavy atom. The maximum atomic E-state index is 6.16. The van der Waals surface area contributed by atoms with E-state index >= 15 is 0 Å². The summed E-state index contributed by atoms with van der Waals surface area (Å²) in [4.78, 5) is 8.41. The molecular weight excluding hydrogens is 274 g/mol. The number of nitrogens with zero attached hydrogens (tertiary/aromatic N) is 2. The molecule has 0 aromatic carbocycles. The summed E-state index contributed by atoms with van der Waals surface area (Å²) in [5.41, 5.74) is 0. The third kappa shape index (κ3) is 3.54. The minimum absolute atomic E-state index is 0.191. The molecule has 2 rings (SSSR count). The highest BCUT2D eigenvalue weighted by Crippen LogP contribution is 2.36. The quantitative estimate of drug-likeness (QED) is 0.912. The summed E-state index contributed by atoms with van der Waals surface area (Å²) >= 11 is 6.16. The monoisotopic (exact) mass is 297 g/mol. The van der Waals surface area contributed by atoms with Gasteiger partial charge in [0.25, 0.3) is 0 Å². The van der Waals surface area contributed by atoms with Crippen molar-refractivity contribution in [1.29, 1.82) is 0 Å². The molecule has 0 amide bonds. The van der Waals surface area contributed by atoms with Crippen LogP contribution < -0.4 is 10.1 Å². The van der Waals surface area contributed by atoms with Crippen molar-refractivity contribution < 1.29 is 4.74 Å². The van der Waals surface area contributed by atoms with Gasteiger partial charge in [0.05, 0.1) is 6.20 Å².